The monoisotopic (exact) mass is 329 g/mol. The highest BCUT2D eigenvalue weighted by molar-refractivity contribution is 6.30. The molecule has 0 aliphatic carbocycles. The first-order valence-corrected chi connectivity index (χ1v) is 6.16. The molecular weight excluding hydrogens is 321 g/mol. The van der Waals surface area contributed by atoms with Crippen molar-refractivity contribution in [2.75, 3.05) is 11.9 Å². The van der Waals surface area contributed by atoms with E-state index in [1.54, 1.807) is 0 Å². The minimum Gasteiger partial charge on any atom is -0.456 e. The van der Waals surface area contributed by atoms with Gasteiger partial charge in [0, 0.05) is 10.7 Å². The second-order valence-electron chi connectivity index (χ2n) is 4.54. The van der Waals surface area contributed by atoms with Gasteiger partial charge in [-0.2, -0.15) is 22.0 Å². The number of carbonyl (C=O) groups excluding carboxylic acids is 1. The predicted molar refractivity (Wildman–Crippen MR) is 64.4 cm³/mol. The van der Waals surface area contributed by atoms with E-state index in [0.29, 0.717) is 0 Å². The largest absolute Gasteiger partial charge is 0.456 e. The first-order valence-electron chi connectivity index (χ1n) is 5.78. The maximum Gasteiger partial charge on any atom is 0.416 e. The Morgan fingerprint density at radius 2 is 2.00 bits per heavy atom. The third-order valence-corrected chi connectivity index (χ3v) is 3.03. The van der Waals surface area contributed by atoms with Crippen molar-refractivity contribution in [2.24, 2.45) is 0 Å². The van der Waals surface area contributed by atoms with E-state index in [0.717, 1.165) is 12.1 Å². The quantitative estimate of drug-likeness (QED) is 0.678. The summed E-state index contributed by atoms with van der Waals surface area (Å²) in [6, 6.07) is 2.75. The van der Waals surface area contributed by atoms with E-state index in [-0.39, 0.29) is 17.3 Å². The lowest BCUT2D eigenvalue weighted by molar-refractivity contribution is -0.158. The number of hydrogen-bond acceptors (Lipinski definition) is 3. The molecule has 1 aliphatic rings. The summed E-state index contributed by atoms with van der Waals surface area (Å²) in [5.74, 6) is -5.19. The third kappa shape index (κ3) is 3.75. The maximum absolute atomic E-state index is 12.9. The molecule has 1 atom stereocenters. The summed E-state index contributed by atoms with van der Waals surface area (Å²) in [4.78, 5) is 10.8. The number of alkyl halides is 5. The number of halogens is 6. The van der Waals surface area contributed by atoms with E-state index in [2.05, 4.69) is 10.1 Å². The van der Waals surface area contributed by atoms with Crippen molar-refractivity contribution in [1.82, 2.24) is 0 Å². The molecule has 0 spiro atoms. The Balaban J connectivity index is 2.05. The normalized spacial score (nSPS) is 21.2. The van der Waals surface area contributed by atoms with E-state index in [1.807, 2.05) is 0 Å². The van der Waals surface area contributed by atoms with Crippen LogP contribution < -0.4 is 5.32 Å². The van der Waals surface area contributed by atoms with Crippen LogP contribution in [0.25, 0.3) is 0 Å². The van der Waals surface area contributed by atoms with Crippen LogP contribution in [0.4, 0.5) is 27.6 Å². The fourth-order valence-corrected chi connectivity index (χ4v) is 2.08. The number of rotatable bonds is 3. The lowest BCUT2D eigenvalue weighted by Crippen LogP contribution is -2.22. The third-order valence-electron chi connectivity index (χ3n) is 2.82. The Bertz CT molecular complexity index is 561. The number of ether oxygens (including phenoxy) is 1. The molecule has 21 heavy (non-hydrogen) atoms. The molecule has 9 heteroatoms. The summed E-state index contributed by atoms with van der Waals surface area (Å²) < 4.78 is 68.0. The Morgan fingerprint density at radius 3 is 2.52 bits per heavy atom. The van der Waals surface area contributed by atoms with Gasteiger partial charge in [0.15, 0.2) is 0 Å². The van der Waals surface area contributed by atoms with Crippen molar-refractivity contribution in [2.45, 2.75) is 24.6 Å². The summed E-state index contributed by atoms with van der Waals surface area (Å²) in [5, 5.41) is 2.35. The Labute approximate surface area is 121 Å². The summed E-state index contributed by atoms with van der Waals surface area (Å²) >= 11 is 5.57. The van der Waals surface area contributed by atoms with Crippen molar-refractivity contribution in [3.8, 4) is 0 Å². The number of nitrogens with one attached hydrogen (secondary N) is 1. The molecule has 0 amide bonds. The maximum atomic E-state index is 12.9. The second kappa shape index (κ2) is 5.32. The molecule has 1 saturated heterocycles. The topological polar surface area (TPSA) is 38.3 Å². The summed E-state index contributed by atoms with van der Waals surface area (Å²) in [6.07, 6.45) is -6.50. The van der Waals surface area contributed by atoms with Crippen molar-refractivity contribution in [3.05, 3.63) is 28.8 Å². The van der Waals surface area contributed by atoms with E-state index in [4.69, 9.17) is 11.6 Å². The van der Waals surface area contributed by atoms with Crippen LogP contribution in [0, 0.1) is 0 Å². The second-order valence-corrected chi connectivity index (χ2v) is 4.98. The Hall–Kier alpha value is -1.57. The molecule has 0 radical (unpaired) electrons. The summed E-state index contributed by atoms with van der Waals surface area (Å²) in [7, 11) is 0. The zero-order valence-electron chi connectivity index (χ0n) is 10.3. The molecule has 0 bridgehead atoms. The van der Waals surface area contributed by atoms with E-state index in [9.17, 15) is 26.7 Å². The lowest BCUT2D eigenvalue weighted by atomic mass is 10.1. The molecule has 1 aliphatic heterocycles. The molecule has 0 saturated carbocycles. The summed E-state index contributed by atoms with van der Waals surface area (Å²) in [5.41, 5.74) is -0.965. The fourth-order valence-electron chi connectivity index (χ4n) is 1.85. The van der Waals surface area contributed by atoms with Crippen LogP contribution in [0.2, 0.25) is 5.02 Å². The smallest absolute Gasteiger partial charge is 0.416 e. The van der Waals surface area contributed by atoms with Crippen molar-refractivity contribution < 1.29 is 31.5 Å². The standard InChI is InChI=1S/C12H9ClF5NO2/c13-7-1-6(12(16,17)18)2-8(3-7)19-5-9-4-11(14,15)10(20)21-9/h1-3,9,19H,4-5H2. The Morgan fingerprint density at radius 1 is 1.33 bits per heavy atom. The number of carbonyl (C=O) groups is 1. The minimum atomic E-state index is -4.58. The van der Waals surface area contributed by atoms with E-state index in [1.165, 1.54) is 6.07 Å². The van der Waals surface area contributed by atoms with Crippen LogP contribution in [0.15, 0.2) is 18.2 Å². The first-order chi connectivity index (χ1) is 9.58. The molecule has 1 N–H and O–H groups in total. The van der Waals surface area contributed by atoms with Gasteiger partial charge in [-0.15, -0.1) is 0 Å². The Kier molecular flexibility index (Phi) is 4.01. The minimum absolute atomic E-state index is 0.00101. The van der Waals surface area contributed by atoms with Crippen LogP contribution in [-0.4, -0.2) is 24.5 Å². The van der Waals surface area contributed by atoms with Crippen LogP contribution >= 0.6 is 11.6 Å². The molecular formula is C12H9ClF5NO2. The molecule has 1 aromatic rings. The number of hydrogen-bond donors (Lipinski definition) is 1. The van der Waals surface area contributed by atoms with Gasteiger partial charge in [0.1, 0.15) is 6.10 Å². The molecule has 1 heterocycles. The van der Waals surface area contributed by atoms with Gasteiger partial charge in [0.25, 0.3) is 0 Å². The molecule has 0 aromatic heterocycles. The summed E-state index contributed by atoms with van der Waals surface area (Å²) in [6.45, 7) is -0.237. The van der Waals surface area contributed by atoms with Gasteiger partial charge in [0.2, 0.25) is 0 Å². The van der Waals surface area contributed by atoms with Crippen LogP contribution in [0.1, 0.15) is 12.0 Å². The van der Waals surface area contributed by atoms with Crippen LogP contribution in [0.3, 0.4) is 0 Å². The first kappa shape index (κ1) is 15.8. The molecule has 1 fully saturated rings. The average Bonchev–Trinajstić information content (AvgIpc) is 2.59. The number of anilines is 1. The number of cyclic esters (lactones) is 1. The van der Waals surface area contributed by atoms with Gasteiger partial charge >= 0.3 is 18.1 Å². The van der Waals surface area contributed by atoms with Crippen LogP contribution in [-0.2, 0) is 15.7 Å². The van der Waals surface area contributed by atoms with Crippen molar-refractivity contribution in [3.63, 3.8) is 0 Å². The highest BCUT2D eigenvalue weighted by atomic mass is 35.5. The number of benzene rings is 1. The van der Waals surface area contributed by atoms with E-state index < -0.39 is 36.2 Å². The predicted octanol–water partition coefficient (Wildman–Crippen LogP) is 3.72. The molecule has 116 valence electrons. The molecule has 2 rings (SSSR count). The van der Waals surface area contributed by atoms with Crippen molar-refractivity contribution >= 4 is 23.3 Å². The lowest BCUT2D eigenvalue weighted by Gasteiger charge is -2.14. The zero-order valence-corrected chi connectivity index (χ0v) is 11.1. The molecule has 1 aromatic carbocycles. The van der Waals surface area contributed by atoms with Gasteiger partial charge in [-0.05, 0) is 18.2 Å². The van der Waals surface area contributed by atoms with Gasteiger partial charge < -0.3 is 10.1 Å². The van der Waals surface area contributed by atoms with E-state index >= 15 is 0 Å². The van der Waals surface area contributed by atoms with Gasteiger partial charge in [-0.3, -0.25) is 0 Å². The van der Waals surface area contributed by atoms with Gasteiger partial charge in [0.05, 0.1) is 18.5 Å². The fraction of sp³-hybridized carbons (Fsp3) is 0.417. The van der Waals surface area contributed by atoms with Gasteiger partial charge in [-0.1, -0.05) is 11.6 Å². The zero-order chi connectivity index (χ0) is 15.8. The highest BCUT2D eigenvalue weighted by Gasteiger charge is 2.50. The van der Waals surface area contributed by atoms with Gasteiger partial charge in [-0.25, -0.2) is 4.79 Å². The average molecular weight is 330 g/mol. The SMILES string of the molecule is O=C1OC(CNc2cc(Cl)cc(C(F)(F)F)c2)CC1(F)F. The number of esters is 1. The molecule has 1 unspecified atom stereocenters. The van der Waals surface area contributed by atoms with Crippen LogP contribution in [0.5, 0.6) is 0 Å². The highest BCUT2D eigenvalue weighted by Crippen LogP contribution is 2.34. The van der Waals surface area contributed by atoms with Crippen molar-refractivity contribution in [1.29, 1.82) is 0 Å². The molecule has 3 nitrogen and oxygen atoms in total.